The third-order valence-electron chi connectivity index (χ3n) is 4.15. The average Bonchev–Trinajstić information content (AvgIpc) is 2.80. The van der Waals surface area contributed by atoms with Crippen molar-refractivity contribution in [2.75, 3.05) is 6.54 Å². The minimum atomic E-state index is -0.930. The predicted molar refractivity (Wildman–Crippen MR) is 78.4 cm³/mol. The molecule has 5 heteroatoms. The summed E-state index contributed by atoms with van der Waals surface area (Å²) in [5.41, 5.74) is 0.486. The van der Waals surface area contributed by atoms with Gasteiger partial charge in [0.2, 0.25) is 0 Å². The van der Waals surface area contributed by atoms with Crippen molar-refractivity contribution in [1.29, 1.82) is 0 Å². The maximum absolute atomic E-state index is 12.7. The summed E-state index contributed by atoms with van der Waals surface area (Å²) in [6, 6.07) is 1.01. The molecule has 1 saturated heterocycles. The van der Waals surface area contributed by atoms with Crippen LogP contribution in [0, 0.1) is 12.8 Å². The molecule has 0 saturated carbocycles. The van der Waals surface area contributed by atoms with Crippen molar-refractivity contribution in [1.82, 2.24) is 4.90 Å². The van der Waals surface area contributed by atoms with E-state index >= 15 is 0 Å². The Morgan fingerprint density at radius 1 is 1.43 bits per heavy atom. The number of piperidine rings is 1. The van der Waals surface area contributed by atoms with E-state index in [4.69, 9.17) is 4.42 Å². The van der Waals surface area contributed by atoms with Crippen LogP contribution >= 0.6 is 0 Å². The number of rotatable bonds is 3. The van der Waals surface area contributed by atoms with Crippen LogP contribution in [0.25, 0.3) is 0 Å². The molecule has 0 aliphatic carbocycles. The van der Waals surface area contributed by atoms with E-state index in [0.29, 0.717) is 30.2 Å². The van der Waals surface area contributed by atoms with Gasteiger partial charge in [0.1, 0.15) is 17.6 Å². The molecule has 0 radical (unpaired) electrons. The van der Waals surface area contributed by atoms with Crippen LogP contribution in [-0.4, -0.2) is 34.5 Å². The molecule has 116 valence electrons. The molecule has 21 heavy (non-hydrogen) atoms. The van der Waals surface area contributed by atoms with E-state index in [-0.39, 0.29) is 11.8 Å². The summed E-state index contributed by atoms with van der Waals surface area (Å²) < 4.78 is 5.61. The van der Waals surface area contributed by atoms with Crippen molar-refractivity contribution in [2.24, 2.45) is 5.92 Å². The van der Waals surface area contributed by atoms with Crippen LogP contribution in [-0.2, 0) is 4.79 Å². The number of carbonyl (C=O) groups excluding carboxylic acids is 1. The van der Waals surface area contributed by atoms with Gasteiger partial charge in [-0.15, -0.1) is 0 Å². The maximum Gasteiger partial charge on any atom is 0.326 e. The number of furan rings is 1. The molecule has 1 aliphatic rings. The summed E-state index contributed by atoms with van der Waals surface area (Å²) in [4.78, 5) is 25.6. The largest absolute Gasteiger partial charge is 0.480 e. The van der Waals surface area contributed by atoms with Crippen molar-refractivity contribution in [3.8, 4) is 0 Å². The lowest BCUT2D eigenvalue weighted by Gasteiger charge is -2.35. The minimum Gasteiger partial charge on any atom is -0.480 e. The van der Waals surface area contributed by atoms with Crippen LogP contribution in [0.1, 0.15) is 61.4 Å². The van der Waals surface area contributed by atoms with Gasteiger partial charge in [-0.3, -0.25) is 4.79 Å². The Morgan fingerprint density at radius 3 is 2.62 bits per heavy atom. The van der Waals surface area contributed by atoms with E-state index in [2.05, 4.69) is 0 Å². The molecular formula is C16H23NO4. The van der Waals surface area contributed by atoms with E-state index in [9.17, 15) is 14.7 Å². The van der Waals surface area contributed by atoms with E-state index in [0.717, 1.165) is 12.2 Å². The van der Waals surface area contributed by atoms with Gasteiger partial charge in [-0.1, -0.05) is 20.8 Å². The molecule has 5 nitrogen and oxygen atoms in total. The molecule has 1 aliphatic heterocycles. The molecule has 1 fully saturated rings. The van der Waals surface area contributed by atoms with Gasteiger partial charge < -0.3 is 14.4 Å². The van der Waals surface area contributed by atoms with Crippen LogP contribution in [0.2, 0.25) is 0 Å². The first-order valence-electron chi connectivity index (χ1n) is 7.45. The average molecular weight is 293 g/mol. The third kappa shape index (κ3) is 3.12. The molecule has 2 rings (SSSR count). The van der Waals surface area contributed by atoms with Gasteiger partial charge in [-0.25, -0.2) is 4.79 Å². The lowest BCUT2D eigenvalue weighted by Crippen LogP contribution is -2.49. The summed E-state index contributed by atoms with van der Waals surface area (Å²) in [7, 11) is 0. The normalized spacial score (nSPS) is 22.6. The first-order valence-corrected chi connectivity index (χ1v) is 7.45. The number of likely N-dealkylation sites (tertiary alicyclic amines) is 1. The zero-order chi connectivity index (χ0) is 15.7. The molecule has 0 bridgehead atoms. The van der Waals surface area contributed by atoms with E-state index < -0.39 is 12.0 Å². The SMILES string of the molecule is Cc1oc(C(C)C)cc1C(=O)N1CCC(C)CC1C(=O)O. The number of hydrogen-bond acceptors (Lipinski definition) is 3. The van der Waals surface area contributed by atoms with Crippen LogP contribution < -0.4 is 0 Å². The second kappa shape index (κ2) is 5.92. The van der Waals surface area contributed by atoms with Gasteiger partial charge in [-0.05, 0) is 31.7 Å². The molecule has 2 atom stereocenters. The fraction of sp³-hybridized carbons (Fsp3) is 0.625. The lowest BCUT2D eigenvalue weighted by atomic mass is 9.92. The quantitative estimate of drug-likeness (QED) is 0.930. The standard InChI is InChI=1S/C16H23NO4/c1-9(2)14-8-12(11(4)21-14)15(18)17-6-5-10(3)7-13(17)16(19)20/h8-10,13H,5-7H2,1-4H3,(H,19,20). The molecule has 2 heterocycles. The molecule has 1 N–H and O–H groups in total. The highest BCUT2D eigenvalue weighted by molar-refractivity contribution is 5.97. The number of amides is 1. The third-order valence-corrected chi connectivity index (χ3v) is 4.15. The zero-order valence-electron chi connectivity index (χ0n) is 13.0. The second-order valence-corrected chi connectivity index (χ2v) is 6.26. The van der Waals surface area contributed by atoms with Crippen LogP contribution in [0.3, 0.4) is 0 Å². The van der Waals surface area contributed by atoms with Crippen LogP contribution in [0.4, 0.5) is 0 Å². The summed E-state index contributed by atoms with van der Waals surface area (Å²) >= 11 is 0. The van der Waals surface area contributed by atoms with Crippen LogP contribution in [0.15, 0.2) is 10.5 Å². The Bertz CT molecular complexity index is 546. The number of hydrogen-bond donors (Lipinski definition) is 1. The van der Waals surface area contributed by atoms with E-state index in [1.54, 1.807) is 13.0 Å². The number of nitrogens with zero attached hydrogens (tertiary/aromatic N) is 1. The van der Waals surface area contributed by atoms with E-state index in [1.165, 1.54) is 4.90 Å². The monoisotopic (exact) mass is 293 g/mol. The molecule has 2 unspecified atom stereocenters. The van der Waals surface area contributed by atoms with Crippen molar-refractivity contribution in [3.05, 3.63) is 23.2 Å². The number of carboxylic acid groups (broad SMARTS) is 1. The predicted octanol–water partition coefficient (Wildman–Crippen LogP) is 3.04. The highest BCUT2D eigenvalue weighted by Gasteiger charge is 2.36. The van der Waals surface area contributed by atoms with Gasteiger partial charge in [0.25, 0.3) is 5.91 Å². The van der Waals surface area contributed by atoms with Crippen molar-refractivity contribution in [2.45, 2.75) is 52.5 Å². The van der Waals surface area contributed by atoms with Gasteiger partial charge in [0.15, 0.2) is 0 Å². The smallest absolute Gasteiger partial charge is 0.326 e. The Balaban J connectivity index is 2.27. The summed E-state index contributed by atoms with van der Waals surface area (Å²) in [6.45, 7) is 8.25. The molecule has 1 amide bonds. The first kappa shape index (κ1) is 15.6. The molecule has 0 aromatic carbocycles. The molecule has 0 spiro atoms. The highest BCUT2D eigenvalue weighted by Crippen LogP contribution is 2.28. The number of aliphatic carboxylic acids is 1. The molecular weight excluding hydrogens is 270 g/mol. The Labute approximate surface area is 124 Å². The number of carbonyl (C=O) groups is 2. The van der Waals surface area contributed by atoms with Gasteiger partial charge in [0, 0.05) is 12.5 Å². The number of carboxylic acids is 1. The van der Waals surface area contributed by atoms with Crippen molar-refractivity contribution >= 4 is 11.9 Å². The Morgan fingerprint density at radius 2 is 2.10 bits per heavy atom. The first-order chi connectivity index (χ1) is 9.81. The second-order valence-electron chi connectivity index (χ2n) is 6.26. The van der Waals surface area contributed by atoms with Crippen LogP contribution in [0.5, 0.6) is 0 Å². The molecule has 1 aromatic rings. The summed E-state index contributed by atoms with van der Waals surface area (Å²) in [5.74, 6) is 0.677. The topological polar surface area (TPSA) is 70.8 Å². The van der Waals surface area contributed by atoms with Gasteiger partial charge in [-0.2, -0.15) is 0 Å². The Hall–Kier alpha value is -1.78. The fourth-order valence-electron chi connectivity index (χ4n) is 2.78. The van der Waals surface area contributed by atoms with E-state index in [1.807, 2.05) is 20.8 Å². The summed E-state index contributed by atoms with van der Waals surface area (Å²) in [5, 5.41) is 9.37. The van der Waals surface area contributed by atoms with Crippen molar-refractivity contribution in [3.63, 3.8) is 0 Å². The lowest BCUT2D eigenvalue weighted by molar-refractivity contribution is -0.144. The van der Waals surface area contributed by atoms with Gasteiger partial charge >= 0.3 is 5.97 Å². The van der Waals surface area contributed by atoms with Crippen molar-refractivity contribution < 1.29 is 19.1 Å². The fourth-order valence-corrected chi connectivity index (χ4v) is 2.78. The number of aryl methyl sites for hydroxylation is 1. The Kier molecular flexibility index (Phi) is 4.40. The molecule has 1 aromatic heterocycles. The zero-order valence-corrected chi connectivity index (χ0v) is 13.0. The van der Waals surface area contributed by atoms with Gasteiger partial charge in [0.05, 0.1) is 5.56 Å². The highest BCUT2D eigenvalue weighted by atomic mass is 16.4. The summed E-state index contributed by atoms with van der Waals surface area (Å²) in [6.07, 6.45) is 1.35. The maximum atomic E-state index is 12.7. The minimum absolute atomic E-state index is 0.196.